The molecule has 0 spiro atoms. The maximum Gasteiger partial charge on any atom is 0 e. The van der Waals surface area contributed by atoms with Gasteiger partial charge in [-0.25, -0.2) is 0 Å². The number of rotatable bonds is 7. The third kappa shape index (κ3) is 24.5. The van der Waals surface area contributed by atoms with Crippen LogP contribution in [0, 0.1) is 0 Å². The van der Waals surface area contributed by atoms with Crippen molar-refractivity contribution in [3.05, 3.63) is 24.3 Å². The summed E-state index contributed by atoms with van der Waals surface area (Å²) < 4.78 is 72.3. The standard InChI is InChI=1S/C7H5F6Ge.3C4H10O.Hf/c8-6(9,10)14(7(11,12)13)5-3-1-2-4-5;3*1-2-3-4-5;/h1-4,14H;3*5H,2-4H2,1H3;/q-1;;;;. The summed E-state index contributed by atoms with van der Waals surface area (Å²) in [6.45, 7) is 7.19. The molecule has 0 aliphatic heterocycles. The Hall–Kier alpha value is 0.223. The second-order valence-electron chi connectivity index (χ2n) is 5.97. The van der Waals surface area contributed by atoms with E-state index in [9.17, 15) is 26.3 Å². The van der Waals surface area contributed by atoms with E-state index in [1.165, 1.54) is 12.1 Å². The molecule has 180 valence electrons. The van der Waals surface area contributed by atoms with E-state index in [-0.39, 0.29) is 25.8 Å². The maximum absolute atomic E-state index is 12.1. The minimum absolute atomic E-state index is 0. The molecular weight excluding hydrogens is 641 g/mol. The third-order valence-corrected chi connectivity index (χ3v) is 8.16. The minimum atomic E-state index is -5.46. The van der Waals surface area contributed by atoms with Crippen molar-refractivity contribution in [3.8, 4) is 0 Å². The van der Waals surface area contributed by atoms with Crippen molar-refractivity contribution in [1.82, 2.24) is 0 Å². The molecule has 0 aromatic heterocycles. The van der Waals surface area contributed by atoms with Gasteiger partial charge in [0.25, 0.3) is 0 Å². The van der Waals surface area contributed by atoms with E-state index in [0.29, 0.717) is 19.8 Å². The van der Waals surface area contributed by atoms with Gasteiger partial charge in [-0.1, -0.05) is 40.0 Å². The molecule has 0 aliphatic carbocycles. The van der Waals surface area contributed by atoms with E-state index in [1.54, 1.807) is 0 Å². The van der Waals surface area contributed by atoms with Crippen LogP contribution in [0.3, 0.4) is 0 Å². The number of aliphatic hydroxyl groups is 3. The molecular formula is C19H35F6GeHfO3-. The average Bonchev–Trinajstić information content (AvgIpc) is 3.10. The number of hydrogen-bond acceptors (Lipinski definition) is 3. The predicted octanol–water partition coefficient (Wildman–Crippen LogP) is 4.38. The fourth-order valence-corrected chi connectivity index (χ4v) is 5.26. The summed E-state index contributed by atoms with van der Waals surface area (Å²) in [5, 5.41) is 14.0. The van der Waals surface area contributed by atoms with Gasteiger partial charge in [0.05, 0.1) is 0 Å². The Morgan fingerprint density at radius 1 is 0.667 bits per heavy atom. The summed E-state index contributed by atoms with van der Waals surface area (Å²) >= 11 is -5.46. The Kier molecular flexibility index (Phi) is 29.9. The van der Waals surface area contributed by atoms with E-state index < -0.39 is 28.8 Å². The molecule has 1 aromatic carbocycles. The third-order valence-electron chi connectivity index (χ3n) is 3.21. The summed E-state index contributed by atoms with van der Waals surface area (Å²) in [6.07, 6.45) is 6.11. The van der Waals surface area contributed by atoms with Crippen molar-refractivity contribution in [2.45, 2.75) is 69.3 Å². The first-order valence-corrected chi connectivity index (χ1v) is 13.3. The van der Waals surface area contributed by atoms with Gasteiger partial charge in [0.1, 0.15) is 0 Å². The molecule has 0 bridgehead atoms. The first-order valence-electron chi connectivity index (χ1n) is 9.65. The molecule has 0 radical (unpaired) electrons. The Balaban J connectivity index is -0.000000176. The van der Waals surface area contributed by atoms with E-state index in [2.05, 4.69) is 20.8 Å². The van der Waals surface area contributed by atoms with Crippen LogP contribution in [0.1, 0.15) is 59.3 Å². The quantitative estimate of drug-likeness (QED) is 0.229. The molecule has 1 aromatic rings. The minimum Gasteiger partial charge on any atom is 0 e. The van der Waals surface area contributed by atoms with Crippen molar-refractivity contribution in [2.75, 3.05) is 19.8 Å². The van der Waals surface area contributed by atoms with Gasteiger partial charge in [-0.3, -0.25) is 0 Å². The van der Waals surface area contributed by atoms with Crippen LogP contribution in [0.5, 0.6) is 0 Å². The number of hydrogen-bond donors (Lipinski definition) is 3. The van der Waals surface area contributed by atoms with E-state index in [0.717, 1.165) is 50.7 Å². The van der Waals surface area contributed by atoms with Gasteiger partial charge in [0.15, 0.2) is 0 Å². The first kappa shape index (κ1) is 37.5. The molecule has 3 N–H and O–H groups in total. The van der Waals surface area contributed by atoms with Crippen LogP contribution >= 0.6 is 0 Å². The molecule has 11 heteroatoms. The Labute approximate surface area is 199 Å². The van der Waals surface area contributed by atoms with Crippen molar-refractivity contribution in [3.63, 3.8) is 0 Å². The van der Waals surface area contributed by atoms with Gasteiger partial charge in [0.2, 0.25) is 0 Å². The fraction of sp³-hybridized carbons (Fsp3) is 0.737. The van der Waals surface area contributed by atoms with Crippen molar-refractivity contribution in [2.24, 2.45) is 0 Å². The Morgan fingerprint density at radius 2 is 0.933 bits per heavy atom. The van der Waals surface area contributed by atoms with Crippen molar-refractivity contribution >= 4 is 18.7 Å². The molecule has 0 heterocycles. The molecule has 3 nitrogen and oxygen atoms in total. The average molecular weight is 677 g/mol. The summed E-state index contributed by atoms with van der Waals surface area (Å²) in [4.78, 5) is 0. The van der Waals surface area contributed by atoms with Crippen LogP contribution in [0.4, 0.5) is 26.3 Å². The van der Waals surface area contributed by atoms with Crippen LogP contribution in [0.25, 0.3) is 0 Å². The van der Waals surface area contributed by atoms with E-state index >= 15 is 0 Å². The number of aliphatic hydroxyl groups excluding tert-OH is 3. The monoisotopic (exact) mass is 679 g/mol. The summed E-state index contributed by atoms with van der Waals surface area (Å²) in [7, 11) is 0. The summed E-state index contributed by atoms with van der Waals surface area (Å²) in [6, 6.07) is 4.16. The normalized spacial score (nSPS) is 10.6. The first-order chi connectivity index (χ1) is 13.5. The van der Waals surface area contributed by atoms with Gasteiger partial charge < -0.3 is 15.3 Å². The van der Waals surface area contributed by atoms with Gasteiger partial charge in [0, 0.05) is 45.7 Å². The van der Waals surface area contributed by atoms with Crippen LogP contribution in [0.15, 0.2) is 24.3 Å². The second kappa shape index (κ2) is 23.9. The second-order valence-corrected chi connectivity index (χ2v) is 11.9. The van der Waals surface area contributed by atoms with E-state index in [4.69, 9.17) is 15.3 Å². The maximum atomic E-state index is 12.1. The van der Waals surface area contributed by atoms with Crippen LogP contribution in [-0.2, 0) is 25.8 Å². The Morgan fingerprint density at radius 3 is 1.07 bits per heavy atom. The fourth-order valence-electron chi connectivity index (χ4n) is 1.62. The molecule has 0 fully saturated rings. The van der Waals surface area contributed by atoms with Gasteiger partial charge >= 0.3 is 79.4 Å². The molecule has 30 heavy (non-hydrogen) atoms. The van der Waals surface area contributed by atoms with Crippen molar-refractivity contribution in [1.29, 1.82) is 0 Å². The van der Waals surface area contributed by atoms with Gasteiger partial charge in [-0.05, 0) is 19.3 Å². The van der Waals surface area contributed by atoms with Crippen LogP contribution in [-0.4, -0.2) is 59.5 Å². The molecule has 0 atom stereocenters. The molecule has 1 rings (SSSR count). The molecule has 0 saturated heterocycles. The zero-order chi connectivity index (χ0) is 23.3. The largest absolute Gasteiger partial charge is 0 e. The Bertz CT molecular complexity index is 395. The van der Waals surface area contributed by atoms with E-state index in [1.807, 2.05) is 0 Å². The summed E-state index contributed by atoms with van der Waals surface area (Å²) in [5.74, 6) is 0. The van der Waals surface area contributed by atoms with Crippen LogP contribution < -0.4 is 4.40 Å². The molecule has 0 aliphatic rings. The molecule has 0 saturated carbocycles. The number of alkyl halides is 6. The van der Waals surface area contributed by atoms with Gasteiger partial charge in [-0.15, -0.1) is 0 Å². The predicted molar refractivity (Wildman–Crippen MR) is 107 cm³/mol. The number of halogens is 6. The number of unbranched alkanes of at least 4 members (excludes halogenated alkanes) is 3. The van der Waals surface area contributed by atoms with Crippen LogP contribution in [0.2, 0.25) is 0 Å². The molecule has 0 unspecified atom stereocenters. The molecule has 0 amide bonds. The zero-order valence-corrected chi connectivity index (χ0v) is 23.9. The van der Waals surface area contributed by atoms with Gasteiger partial charge in [-0.2, -0.15) is 0 Å². The summed E-state index contributed by atoms with van der Waals surface area (Å²) in [5.41, 5.74) is 0. The topological polar surface area (TPSA) is 60.7 Å². The smallest absolute Gasteiger partial charge is 0 e. The zero-order valence-electron chi connectivity index (χ0n) is 17.9. The van der Waals surface area contributed by atoms with Crippen molar-refractivity contribution < 1.29 is 67.5 Å². The SMILES string of the molecule is CCCCO.CCCCO.CCCCO.F[C](F)(F)[GeH]([c-]1cccc1)[C](F)(F)F.[Hf].